The molecule has 0 saturated carbocycles. The van der Waals surface area contributed by atoms with Crippen LogP contribution in [0.4, 0.5) is 5.69 Å². The molecule has 1 aromatic heterocycles. The Morgan fingerprint density at radius 1 is 1.35 bits per heavy atom. The van der Waals surface area contributed by atoms with Crippen LogP contribution >= 0.6 is 11.6 Å². The lowest BCUT2D eigenvalue weighted by Crippen LogP contribution is -2.00. The Kier molecular flexibility index (Phi) is 3.81. The summed E-state index contributed by atoms with van der Waals surface area (Å²) in [6, 6.07) is 6.32. The van der Waals surface area contributed by atoms with Gasteiger partial charge in [-0.2, -0.15) is 0 Å². The molecule has 20 heavy (non-hydrogen) atoms. The fourth-order valence-corrected chi connectivity index (χ4v) is 1.54. The van der Waals surface area contributed by atoms with Crippen LogP contribution in [0.2, 0.25) is 5.15 Å². The van der Waals surface area contributed by atoms with Crippen molar-refractivity contribution in [1.29, 1.82) is 0 Å². The number of hydrogen-bond donors (Lipinski definition) is 1. The maximum atomic E-state index is 10.9. The zero-order chi connectivity index (χ0) is 14.7. The Morgan fingerprint density at radius 2 is 2.10 bits per heavy atom. The van der Waals surface area contributed by atoms with Crippen molar-refractivity contribution < 1.29 is 19.6 Å². The van der Waals surface area contributed by atoms with Crippen molar-refractivity contribution >= 4 is 23.3 Å². The van der Waals surface area contributed by atoms with Gasteiger partial charge in [-0.15, -0.1) is 0 Å². The molecule has 0 unspecified atom stereocenters. The highest BCUT2D eigenvalue weighted by Crippen LogP contribution is 2.32. The number of nitrogens with zero attached hydrogens (tertiary/aromatic N) is 2. The monoisotopic (exact) mass is 294 g/mol. The Bertz CT molecular complexity index is 672. The van der Waals surface area contributed by atoms with E-state index in [-0.39, 0.29) is 22.2 Å². The average molecular weight is 295 g/mol. The fraction of sp³-hybridized carbons (Fsp3) is 0. The number of aromatic nitrogens is 1. The number of halogens is 1. The van der Waals surface area contributed by atoms with E-state index in [2.05, 4.69) is 4.98 Å². The molecule has 0 bridgehead atoms. The zero-order valence-corrected chi connectivity index (χ0v) is 10.6. The van der Waals surface area contributed by atoms with Gasteiger partial charge in [0.1, 0.15) is 10.9 Å². The van der Waals surface area contributed by atoms with Crippen molar-refractivity contribution in [3.05, 3.63) is 57.4 Å². The van der Waals surface area contributed by atoms with Crippen LogP contribution in [0.25, 0.3) is 0 Å². The van der Waals surface area contributed by atoms with Crippen molar-refractivity contribution in [3.63, 3.8) is 0 Å². The third kappa shape index (κ3) is 3.01. The minimum atomic E-state index is -1.26. The summed E-state index contributed by atoms with van der Waals surface area (Å²) >= 11 is 5.61. The average Bonchev–Trinajstić information content (AvgIpc) is 2.41. The van der Waals surface area contributed by atoms with E-state index < -0.39 is 16.6 Å². The van der Waals surface area contributed by atoms with E-state index in [9.17, 15) is 14.9 Å². The maximum Gasteiger partial charge on any atom is 0.335 e. The molecular formula is C12H7ClN2O5. The first-order valence-corrected chi connectivity index (χ1v) is 5.66. The largest absolute Gasteiger partial charge is 0.478 e. The number of hydrogen-bond acceptors (Lipinski definition) is 5. The van der Waals surface area contributed by atoms with Gasteiger partial charge in [-0.3, -0.25) is 10.1 Å². The molecule has 0 amide bonds. The van der Waals surface area contributed by atoms with Crippen molar-refractivity contribution in [2.75, 3.05) is 0 Å². The van der Waals surface area contributed by atoms with Crippen LogP contribution in [0, 0.1) is 10.1 Å². The molecule has 0 aliphatic heterocycles. The van der Waals surface area contributed by atoms with Crippen molar-refractivity contribution in [2.24, 2.45) is 0 Å². The van der Waals surface area contributed by atoms with Crippen LogP contribution in [-0.4, -0.2) is 21.0 Å². The molecule has 0 aliphatic rings. The highest BCUT2D eigenvalue weighted by molar-refractivity contribution is 6.29. The quantitative estimate of drug-likeness (QED) is 0.528. The van der Waals surface area contributed by atoms with Gasteiger partial charge in [-0.25, -0.2) is 9.78 Å². The van der Waals surface area contributed by atoms with Crippen LogP contribution in [-0.2, 0) is 0 Å². The second kappa shape index (κ2) is 5.54. The summed E-state index contributed by atoms with van der Waals surface area (Å²) in [6.07, 6.45) is 1.30. The predicted molar refractivity (Wildman–Crippen MR) is 69.4 cm³/mol. The van der Waals surface area contributed by atoms with Gasteiger partial charge < -0.3 is 9.84 Å². The lowest BCUT2D eigenvalue weighted by molar-refractivity contribution is -0.385. The molecule has 0 aliphatic carbocycles. The first-order chi connectivity index (χ1) is 9.47. The molecule has 102 valence electrons. The highest BCUT2D eigenvalue weighted by atomic mass is 35.5. The third-order valence-electron chi connectivity index (χ3n) is 2.33. The Hall–Kier alpha value is -2.67. The highest BCUT2D eigenvalue weighted by Gasteiger charge is 2.19. The number of aromatic carboxylic acids is 1. The second-order valence-electron chi connectivity index (χ2n) is 3.66. The van der Waals surface area contributed by atoms with Crippen LogP contribution < -0.4 is 4.74 Å². The van der Waals surface area contributed by atoms with Gasteiger partial charge in [-0.1, -0.05) is 11.6 Å². The Morgan fingerprint density at radius 3 is 2.65 bits per heavy atom. The molecular weight excluding hydrogens is 288 g/mol. The van der Waals surface area contributed by atoms with Gasteiger partial charge >= 0.3 is 11.7 Å². The lowest BCUT2D eigenvalue weighted by atomic mass is 10.2. The molecule has 0 spiro atoms. The summed E-state index contributed by atoms with van der Waals surface area (Å²) < 4.78 is 5.30. The van der Waals surface area contributed by atoms with Gasteiger partial charge in [0, 0.05) is 6.07 Å². The Balaban J connectivity index is 2.38. The van der Waals surface area contributed by atoms with Gasteiger partial charge in [0.15, 0.2) is 0 Å². The summed E-state index contributed by atoms with van der Waals surface area (Å²) in [5.41, 5.74) is -0.641. The molecule has 2 rings (SSSR count). The lowest BCUT2D eigenvalue weighted by Gasteiger charge is -2.06. The number of carboxylic acid groups (broad SMARTS) is 1. The number of carboxylic acids is 1. The molecule has 0 saturated heterocycles. The van der Waals surface area contributed by atoms with E-state index in [1.54, 1.807) is 0 Å². The molecule has 0 radical (unpaired) electrons. The minimum Gasteiger partial charge on any atom is -0.478 e. The van der Waals surface area contributed by atoms with Crippen LogP contribution in [0.3, 0.4) is 0 Å². The third-order valence-corrected chi connectivity index (χ3v) is 2.55. The molecule has 7 nitrogen and oxygen atoms in total. The van der Waals surface area contributed by atoms with Gasteiger partial charge in [0.2, 0.25) is 5.75 Å². The molecule has 0 atom stereocenters. The normalized spacial score (nSPS) is 10.1. The number of nitro benzene ring substituents is 1. The van der Waals surface area contributed by atoms with Crippen molar-refractivity contribution in [1.82, 2.24) is 4.98 Å². The van der Waals surface area contributed by atoms with E-state index in [0.717, 1.165) is 6.07 Å². The van der Waals surface area contributed by atoms with Crippen molar-refractivity contribution in [3.8, 4) is 11.5 Å². The molecule has 8 heteroatoms. The maximum absolute atomic E-state index is 10.9. The predicted octanol–water partition coefficient (Wildman–Crippen LogP) is 3.13. The summed E-state index contributed by atoms with van der Waals surface area (Å²) in [7, 11) is 0. The number of pyridine rings is 1. The number of benzene rings is 1. The molecule has 1 aromatic carbocycles. The topological polar surface area (TPSA) is 103 Å². The van der Waals surface area contributed by atoms with Crippen LogP contribution in [0.15, 0.2) is 36.5 Å². The Labute approximate surface area is 117 Å². The molecule has 2 aromatic rings. The number of rotatable bonds is 4. The van der Waals surface area contributed by atoms with E-state index in [1.807, 2.05) is 0 Å². The second-order valence-corrected chi connectivity index (χ2v) is 4.05. The minimum absolute atomic E-state index is 0.0795. The first kappa shape index (κ1) is 13.8. The van der Waals surface area contributed by atoms with E-state index >= 15 is 0 Å². The molecule has 1 N–H and O–H groups in total. The SMILES string of the molecule is O=C(O)c1ccc(Oc2ccc(Cl)nc2)c([N+](=O)[O-])c1. The standard InChI is InChI=1S/C12H7ClN2O5/c13-11-4-2-8(6-14-11)20-10-3-1-7(12(16)17)5-9(10)15(18)19/h1-6H,(H,16,17). The van der Waals surface area contributed by atoms with E-state index in [0.29, 0.717) is 0 Å². The van der Waals surface area contributed by atoms with Crippen LogP contribution in [0.5, 0.6) is 11.5 Å². The number of ether oxygens (including phenoxy) is 1. The first-order valence-electron chi connectivity index (χ1n) is 5.28. The van der Waals surface area contributed by atoms with Gasteiger partial charge in [0.05, 0.1) is 16.7 Å². The summed E-state index contributed by atoms with van der Waals surface area (Å²) in [5, 5.41) is 20.0. The smallest absolute Gasteiger partial charge is 0.335 e. The van der Waals surface area contributed by atoms with E-state index in [1.165, 1.54) is 30.5 Å². The zero-order valence-electron chi connectivity index (χ0n) is 9.82. The summed E-state index contributed by atoms with van der Waals surface area (Å²) in [5.74, 6) is -1.09. The van der Waals surface area contributed by atoms with Gasteiger partial charge in [-0.05, 0) is 24.3 Å². The van der Waals surface area contributed by atoms with Crippen molar-refractivity contribution in [2.45, 2.75) is 0 Å². The van der Waals surface area contributed by atoms with Crippen LogP contribution in [0.1, 0.15) is 10.4 Å². The van der Waals surface area contributed by atoms with Gasteiger partial charge in [0.25, 0.3) is 0 Å². The number of nitro groups is 1. The fourth-order valence-electron chi connectivity index (χ4n) is 1.43. The van der Waals surface area contributed by atoms with E-state index in [4.69, 9.17) is 21.4 Å². The molecule has 0 fully saturated rings. The molecule has 1 heterocycles. The summed E-state index contributed by atoms with van der Waals surface area (Å²) in [6.45, 7) is 0. The summed E-state index contributed by atoms with van der Waals surface area (Å²) in [4.78, 5) is 24.8. The number of carbonyl (C=O) groups is 1.